The fourth-order valence-electron chi connectivity index (χ4n) is 2.78. The molecule has 1 N–H and O–H groups in total. The summed E-state index contributed by atoms with van der Waals surface area (Å²) < 4.78 is 5.42. The maximum Gasteiger partial charge on any atom is 0.194 e. The van der Waals surface area contributed by atoms with Crippen LogP contribution in [0.25, 0.3) is 0 Å². The van der Waals surface area contributed by atoms with Crippen molar-refractivity contribution >= 4 is 5.96 Å². The van der Waals surface area contributed by atoms with Crippen molar-refractivity contribution in [2.45, 2.75) is 13.1 Å². The number of hydrogen-bond donors (Lipinski definition) is 1. The summed E-state index contributed by atoms with van der Waals surface area (Å²) in [5.74, 6) is 1.01. The molecule has 0 aromatic heterocycles. The molecule has 2 heterocycles. The number of aliphatic imine (C=N–C) groups is 1. The normalized spacial score (nSPS) is 19.7. The highest BCUT2D eigenvalue weighted by Gasteiger charge is 2.14. The van der Waals surface area contributed by atoms with E-state index in [9.17, 15) is 0 Å². The second kappa shape index (κ2) is 6.91. The van der Waals surface area contributed by atoms with Gasteiger partial charge in [-0.1, -0.05) is 24.3 Å². The molecule has 0 atom stereocenters. The largest absolute Gasteiger partial charge is 0.379 e. The number of benzene rings is 1. The quantitative estimate of drug-likeness (QED) is 0.894. The summed E-state index contributed by atoms with van der Waals surface area (Å²) in [6.07, 6.45) is 0. The molecule has 1 aromatic carbocycles. The van der Waals surface area contributed by atoms with Crippen molar-refractivity contribution < 1.29 is 4.74 Å². The van der Waals surface area contributed by atoms with E-state index in [0.29, 0.717) is 0 Å². The molecule has 0 amide bonds. The summed E-state index contributed by atoms with van der Waals surface area (Å²) in [4.78, 5) is 9.11. The zero-order chi connectivity index (χ0) is 14.5. The number of rotatable bonds is 4. The molecule has 3 rings (SSSR count). The Balaban J connectivity index is 1.61. The van der Waals surface area contributed by atoms with E-state index in [-0.39, 0.29) is 0 Å². The van der Waals surface area contributed by atoms with Gasteiger partial charge in [0.05, 0.1) is 19.8 Å². The summed E-state index contributed by atoms with van der Waals surface area (Å²) in [6, 6.07) is 8.67. The predicted molar refractivity (Wildman–Crippen MR) is 84.3 cm³/mol. The molecule has 21 heavy (non-hydrogen) atoms. The van der Waals surface area contributed by atoms with Crippen LogP contribution in [0.15, 0.2) is 29.3 Å². The Morgan fingerprint density at radius 3 is 2.62 bits per heavy atom. The molecule has 1 saturated heterocycles. The number of nitrogens with zero attached hydrogens (tertiary/aromatic N) is 3. The number of likely N-dealkylation sites (N-methyl/N-ethyl adjacent to an activating group) is 1. The molecule has 2 aliphatic heterocycles. The molecular formula is C16H24N4O. The lowest BCUT2D eigenvalue weighted by atomic mass is 10.1. The summed E-state index contributed by atoms with van der Waals surface area (Å²) in [6.45, 7) is 7.50. The highest BCUT2D eigenvalue weighted by molar-refractivity contribution is 5.81. The SMILES string of the molecule is CN1CCN=C1NCc1ccccc1CN1CCOCC1. The molecule has 0 unspecified atom stereocenters. The van der Waals surface area contributed by atoms with Crippen molar-refractivity contribution in [2.24, 2.45) is 4.99 Å². The highest BCUT2D eigenvalue weighted by atomic mass is 16.5. The third-order valence-electron chi connectivity index (χ3n) is 4.11. The van der Waals surface area contributed by atoms with Crippen molar-refractivity contribution in [1.82, 2.24) is 15.1 Å². The molecule has 0 radical (unpaired) electrons. The first kappa shape index (κ1) is 14.4. The van der Waals surface area contributed by atoms with Gasteiger partial charge >= 0.3 is 0 Å². The average Bonchev–Trinajstić information content (AvgIpc) is 2.93. The van der Waals surface area contributed by atoms with Crippen molar-refractivity contribution in [3.63, 3.8) is 0 Å². The van der Waals surface area contributed by atoms with Crippen LogP contribution in [0.3, 0.4) is 0 Å². The van der Waals surface area contributed by atoms with Gasteiger partial charge in [0.2, 0.25) is 0 Å². The molecule has 0 spiro atoms. The van der Waals surface area contributed by atoms with Crippen LogP contribution in [0.2, 0.25) is 0 Å². The van der Waals surface area contributed by atoms with Crippen LogP contribution in [0.4, 0.5) is 0 Å². The number of guanidine groups is 1. The molecular weight excluding hydrogens is 264 g/mol. The van der Waals surface area contributed by atoms with Crippen molar-refractivity contribution in [3.05, 3.63) is 35.4 Å². The standard InChI is InChI=1S/C16H24N4O/c1-19-7-6-17-16(19)18-12-14-4-2-3-5-15(14)13-20-8-10-21-11-9-20/h2-5H,6-13H2,1H3,(H,17,18). The van der Waals surface area contributed by atoms with Gasteiger partial charge in [-0.05, 0) is 11.1 Å². The summed E-state index contributed by atoms with van der Waals surface area (Å²) in [7, 11) is 2.08. The molecule has 5 heteroatoms. The minimum Gasteiger partial charge on any atom is -0.379 e. The average molecular weight is 288 g/mol. The third-order valence-corrected chi connectivity index (χ3v) is 4.11. The molecule has 5 nitrogen and oxygen atoms in total. The third kappa shape index (κ3) is 3.74. The number of morpholine rings is 1. The zero-order valence-corrected chi connectivity index (χ0v) is 12.7. The van der Waals surface area contributed by atoms with Gasteiger partial charge in [-0.2, -0.15) is 0 Å². The minimum atomic E-state index is 0.837. The van der Waals surface area contributed by atoms with Gasteiger partial charge in [-0.15, -0.1) is 0 Å². The van der Waals surface area contributed by atoms with Gasteiger partial charge in [0.15, 0.2) is 5.96 Å². The molecule has 0 bridgehead atoms. The fourth-order valence-corrected chi connectivity index (χ4v) is 2.78. The minimum absolute atomic E-state index is 0.837. The lowest BCUT2D eigenvalue weighted by Crippen LogP contribution is -2.37. The van der Waals surface area contributed by atoms with Crippen LogP contribution in [0.1, 0.15) is 11.1 Å². The summed E-state index contributed by atoms with van der Waals surface area (Å²) in [5, 5.41) is 3.46. The Morgan fingerprint density at radius 1 is 1.14 bits per heavy atom. The molecule has 0 saturated carbocycles. The van der Waals surface area contributed by atoms with Crippen LogP contribution >= 0.6 is 0 Å². The van der Waals surface area contributed by atoms with Gasteiger partial charge in [0, 0.05) is 39.8 Å². The van der Waals surface area contributed by atoms with E-state index < -0.39 is 0 Å². The van der Waals surface area contributed by atoms with E-state index in [1.807, 2.05) is 0 Å². The lowest BCUT2D eigenvalue weighted by molar-refractivity contribution is 0.0341. The lowest BCUT2D eigenvalue weighted by Gasteiger charge is -2.27. The first-order valence-corrected chi connectivity index (χ1v) is 7.69. The number of nitrogens with one attached hydrogen (secondary N) is 1. The van der Waals surface area contributed by atoms with Crippen LogP contribution < -0.4 is 5.32 Å². The van der Waals surface area contributed by atoms with Crippen LogP contribution in [0.5, 0.6) is 0 Å². The van der Waals surface area contributed by atoms with E-state index in [2.05, 4.69) is 51.4 Å². The maximum atomic E-state index is 5.42. The van der Waals surface area contributed by atoms with Crippen LogP contribution in [-0.2, 0) is 17.8 Å². The van der Waals surface area contributed by atoms with Crippen molar-refractivity contribution in [1.29, 1.82) is 0 Å². The number of hydrogen-bond acceptors (Lipinski definition) is 5. The van der Waals surface area contributed by atoms with Gasteiger partial charge in [0.1, 0.15) is 0 Å². The van der Waals surface area contributed by atoms with Gasteiger partial charge < -0.3 is 15.0 Å². The highest BCUT2D eigenvalue weighted by Crippen LogP contribution is 2.13. The van der Waals surface area contributed by atoms with Crippen LogP contribution in [0, 0.1) is 0 Å². The Kier molecular flexibility index (Phi) is 4.72. The predicted octanol–water partition coefficient (Wildman–Crippen LogP) is 0.910. The number of ether oxygens (including phenoxy) is 1. The molecule has 114 valence electrons. The molecule has 1 fully saturated rings. The topological polar surface area (TPSA) is 40.1 Å². The Morgan fingerprint density at radius 2 is 1.90 bits per heavy atom. The molecule has 1 aromatic rings. The van der Waals surface area contributed by atoms with Gasteiger partial charge in [-0.25, -0.2) is 0 Å². The maximum absolute atomic E-state index is 5.42. The van der Waals surface area contributed by atoms with E-state index in [0.717, 1.165) is 58.4 Å². The molecule has 2 aliphatic rings. The van der Waals surface area contributed by atoms with E-state index in [1.54, 1.807) is 0 Å². The summed E-state index contributed by atoms with van der Waals surface area (Å²) in [5.41, 5.74) is 2.75. The van der Waals surface area contributed by atoms with E-state index in [1.165, 1.54) is 11.1 Å². The second-order valence-electron chi connectivity index (χ2n) is 5.64. The van der Waals surface area contributed by atoms with Gasteiger partial charge in [0.25, 0.3) is 0 Å². The first-order valence-electron chi connectivity index (χ1n) is 7.69. The van der Waals surface area contributed by atoms with E-state index in [4.69, 9.17) is 4.74 Å². The van der Waals surface area contributed by atoms with Crippen LogP contribution in [-0.4, -0.2) is 62.2 Å². The first-order chi connectivity index (χ1) is 10.3. The zero-order valence-electron chi connectivity index (χ0n) is 12.7. The molecule has 0 aliphatic carbocycles. The van der Waals surface area contributed by atoms with Gasteiger partial charge in [-0.3, -0.25) is 9.89 Å². The fraction of sp³-hybridized carbons (Fsp3) is 0.562. The van der Waals surface area contributed by atoms with E-state index >= 15 is 0 Å². The summed E-state index contributed by atoms with van der Waals surface area (Å²) >= 11 is 0. The Hall–Kier alpha value is -1.59. The Bertz CT molecular complexity index is 497. The monoisotopic (exact) mass is 288 g/mol. The smallest absolute Gasteiger partial charge is 0.194 e. The van der Waals surface area contributed by atoms with Crippen molar-refractivity contribution in [3.8, 4) is 0 Å². The van der Waals surface area contributed by atoms with Crippen molar-refractivity contribution in [2.75, 3.05) is 46.4 Å². The second-order valence-corrected chi connectivity index (χ2v) is 5.64. The Labute approximate surface area is 126 Å².